The fourth-order valence-electron chi connectivity index (χ4n) is 4.01. The molecule has 1 heterocycles. The first-order valence-corrected chi connectivity index (χ1v) is 9.30. The van der Waals surface area contributed by atoms with Gasteiger partial charge in [-0.25, -0.2) is 0 Å². The third kappa shape index (κ3) is 2.50. The molecule has 0 bridgehead atoms. The molecule has 0 atom stereocenters. The quantitative estimate of drug-likeness (QED) is 0.510. The summed E-state index contributed by atoms with van der Waals surface area (Å²) in [6.07, 6.45) is 3.85. The highest BCUT2D eigenvalue weighted by molar-refractivity contribution is 5.84. The standard InChI is InChI=1S/C25H25N/c1-6-17-7-9-20-21-10-8-19(14-23(21)25(4,5)22(20)13-17)24-15-18(16(2)3)11-12-26-24/h6-16H,1H2,2-5H3. The molecule has 4 rings (SSSR count). The lowest BCUT2D eigenvalue weighted by Gasteiger charge is -2.22. The molecule has 1 aliphatic carbocycles. The van der Waals surface area contributed by atoms with Gasteiger partial charge < -0.3 is 0 Å². The number of hydrogen-bond acceptors (Lipinski definition) is 1. The van der Waals surface area contributed by atoms with Crippen LogP contribution in [0.1, 0.15) is 55.9 Å². The number of pyridine rings is 1. The molecule has 1 nitrogen and oxygen atoms in total. The second kappa shape index (κ2) is 5.95. The fraction of sp³-hybridized carbons (Fsp3) is 0.240. The van der Waals surface area contributed by atoms with Crippen molar-refractivity contribution < 1.29 is 0 Å². The molecule has 1 aromatic heterocycles. The molecule has 0 N–H and O–H groups in total. The van der Waals surface area contributed by atoms with Gasteiger partial charge >= 0.3 is 0 Å². The maximum absolute atomic E-state index is 4.63. The van der Waals surface area contributed by atoms with E-state index in [0.29, 0.717) is 5.92 Å². The summed E-state index contributed by atoms with van der Waals surface area (Å²) in [6.45, 7) is 13.0. The van der Waals surface area contributed by atoms with E-state index in [1.165, 1.54) is 38.9 Å². The van der Waals surface area contributed by atoms with Gasteiger partial charge in [-0.3, -0.25) is 4.98 Å². The van der Waals surface area contributed by atoms with Crippen LogP contribution in [0.15, 0.2) is 61.3 Å². The number of benzene rings is 2. The first kappa shape index (κ1) is 16.8. The molecule has 0 amide bonds. The maximum atomic E-state index is 4.63. The molecule has 0 saturated carbocycles. The van der Waals surface area contributed by atoms with Crippen LogP contribution in [-0.4, -0.2) is 4.98 Å². The van der Waals surface area contributed by atoms with E-state index in [4.69, 9.17) is 0 Å². The lowest BCUT2D eigenvalue weighted by molar-refractivity contribution is 0.660. The molecule has 0 fully saturated rings. The summed E-state index contributed by atoms with van der Waals surface area (Å²) in [7, 11) is 0. The van der Waals surface area contributed by atoms with E-state index in [-0.39, 0.29) is 5.41 Å². The second-order valence-corrected chi connectivity index (χ2v) is 8.02. The van der Waals surface area contributed by atoms with E-state index < -0.39 is 0 Å². The molecular formula is C25H25N. The zero-order valence-electron chi connectivity index (χ0n) is 16.0. The predicted molar refractivity (Wildman–Crippen MR) is 111 cm³/mol. The van der Waals surface area contributed by atoms with Crippen molar-refractivity contribution in [2.24, 2.45) is 0 Å². The minimum absolute atomic E-state index is 0.0185. The molecule has 1 aliphatic rings. The van der Waals surface area contributed by atoms with Crippen LogP contribution in [0.3, 0.4) is 0 Å². The number of hydrogen-bond donors (Lipinski definition) is 0. The molecule has 0 spiro atoms. The van der Waals surface area contributed by atoms with E-state index in [9.17, 15) is 0 Å². The Balaban J connectivity index is 1.86. The topological polar surface area (TPSA) is 12.9 Å². The zero-order chi connectivity index (χ0) is 18.5. The van der Waals surface area contributed by atoms with Gasteiger partial charge in [0.2, 0.25) is 0 Å². The smallest absolute Gasteiger partial charge is 0.0704 e. The SMILES string of the molecule is C=Cc1ccc2c(c1)C(C)(C)c1cc(-c3cc(C(C)C)ccn3)ccc1-2. The predicted octanol–water partition coefficient (Wildman–Crippen LogP) is 6.82. The van der Waals surface area contributed by atoms with Crippen LogP contribution in [0, 0.1) is 0 Å². The zero-order valence-corrected chi connectivity index (χ0v) is 16.0. The van der Waals surface area contributed by atoms with E-state index >= 15 is 0 Å². The monoisotopic (exact) mass is 339 g/mol. The Morgan fingerprint density at radius 3 is 2.31 bits per heavy atom. The van der Waals surface area contributed by atoms with Gasteiger partial charge in [0.05, 0.1) is 5.69 Å². The normalized spacial score (nSPS) is 14.2. The van der Waals surface area contributed by atoms with Crippen molar-refractivity contribution in [3.05, 3.63) is 83.6 Å². The van der Waals surface area contributed by atoms with Gasteiger partial charge in [0, 0.05) is 17.2 Å². The molecule has 26 heavy (non-hydrogen) atoms. The summed E-state index contributed by atoms with van der Waals surface area (Å²) < 4.78 is 0. The number of fused-ring (bicyclic) bond motifs is 3. The van der Waals surface area contributed by atoms with Crippen molar-refractivity contribution in [1.29, 1.82) is 0 Å². The van der Waals surface area contributed by atoms with Gasteiger partial charge in [0.1, 0.15) is 0 Å². The summed E-state index contributed by atoms with van der Waals surface area (Å²) in [5, 5.41) is 0. The van der Waals surface area contributed by atoms with Crippen LogP contribution in [0.25, 0.3) is 28.5 Å². The van der Waals surface area contributed by atoms with Gasteiger partial charge in [0.15, 0.2) is 0 Å². The van der Waals surface area contributed by atoms with Gasteiger partial charge in [-0.2, -0.15) is 0 Å². The molecule has 0 unspecified atom stereocenters. The van der Waals surface area contributed by atoms with Crippen molar-refractivity contribution in [3.63, 3.8) is 0 Å². The van der Waals surface area contributed by atoms with Crippen LogP contribution in [0.5, 0.6) is 0 Å². The molecule has 0 radical (unpaired) electrons. The fourth-order valence-corrected chi connectivity index (χ4v) is 4.01. The lowest BCUT2D eigenvalue weighted by Crippen LogP contribution is -2.15. The Morgan fingerprint density at radius 1 is 0.923 bits per heavy atom. The maximum Gasteiger partial charge on any atom is 0.0704 e. The third-order valence-corrected chi connectivity index (χ3v) is 5.68. The van der Waals surface area contributed by atoms with Crippen LogP contribution >= 0.6 is 0 Å². The summed E-state index contributed by atoms with van der Waals surface area (Å²) in [4.78, 5) is 4.63. The number of rotatable bonds is 3. The summed E-state index contributed by atoms with van der Waals surface area (Å²) in [5.41, 5.74) is 10.2. The Labute approximate surface area is 156 Å². The van der Waals surface area contributed by atoms with E-state index in [1.807, 2.05) is 12.3 Å². The van der Waals surface area contributed by atoms with Crippen molar-refractivity contribution in [3.8, 4) is 22.4 Å². The minimum atomic E-state index is -0.0185. The van der Waals surface area contributed by atoms with Crippen LogP contribution in [-0.2, 0) is 5.41 Å². The van der Waals surface area contributed by atoms with E-state index in [0.717, 1.165) is 5.69 Å². The van der Waals surface area contributed by atoms with Crippen molar-refractivity contribution in [2.45, 2.75) is 39.0 Å². The Morgan fingerprint density at radius 2 is 1.62 bits per heavy atom. The second-order valence-electron chi connectivity index (χ2n) is 8.02. The van der Waals surface area contributed by atoms with E-state index in [2.05, 4.69) is 87.8 Å². The molecule has 3 aromatic rings. The lowest BCUT2D eigenvalue weighted by atomic mass is 9.81. The average molecular weight is 339 g/mol. The van der Waals surface area contributed by atoms with Crippen molar-refractivity contribution in [2.75, 3.05) is 0 Å². The van der Waals surface area contributed by atoms with Crippen LogP contribution in [0.4, 0.5) is 0 Å². The van der Waals surface area contributed by atoms with Gasteiger partial charge in [-0.15, -0.1) is 0 Å². The molecule has 0 aliphatic heterocycles. The highest BCUT2D eigenvalue weighted by atomic mass is 14.7. The highest BCUT2D eigenvalue weighted by Gasteiger charge is 2.35. The van der Waals surface area contributed by atoms with Crippen LogP contribution < -0.4 is 0 Å². The summed E-state index contributed by atoms with van der Waals surface area (Å²) in [6, 6.07) is 17.8. The average Bonchev–Trinajstić information content (AvgIpc) is 2.88. The molecular weight excluding hydrogens is 314 g/mol. The minimum Gasteiger partial charge on any atom is -0.256 e. The van der Waals surface area contributed by atoms with Crippen molar-refractivity contribution in [1.82, 2.24) is 4.98 Å². The Kier molecular flexibility index (Phi) is 3.84. The molecule has 130 valence electrons. The Hall–Kier alpha value is -2.67. The first-order chi connectivity index (χ1) is 12.4. The largest absolute Gasteiger partial charge is 0.256 e. The third-order valence-electron chi connectivity index (χ3n) is 5.68. The van der Waals surface area contributed by atoms with Crippen molar-refractivity contribution >= 4 is 6.08 Å². The van der Waals surface area contributed by atoms with E-state index in [1.54, 1.807) is 0 Å². The number of nitrogens with zero attached hydrogens (tertiary/aromatic N) is 1. The highest BCUT2D eigenvalue weighted by Crippen LogP contribution is 2.49. The summed E-state index contributed by atoms with van der Waals surface area (Å²) in [5.74, 6) is 0.504. The molecule has 1 heteroatoms. The summed E-state index contributed by atoms with van der Waals surface area (Å²) >= 11 is 0. The molecule has 0 saturated heterocycles. The Bertz CT molecular complexity index is 1010. The first-order valence-electron chi connectivity index (χ1n) is 9.30. The van der Waals surface area contributed by atoms with Gasteiger partial charge in [0.25, 0.3) is 0 Å². The van der Waals surface area contributed by atoms with Gasteiger partial charge in [-0.1, -0.05) is 70.7 Å². The van der Waals surface area contributed by atoms with Gasteiger partial charge in [-0.05, 0) is 57.5 Å². The number of aromatic nitrogens is 1. The van der Waals surface area contributed by atoms with Crippen LogP contribution in [0.2, 0.25) is 0 Å². The molecule has 2 aromatic carbocycles.